The lowest BCUT2D eigenvalue weighted by Gasteiger charge is -1.97. The summed E-state index contributed by atoms with van der Waals surface area (Å²) in [4.78, 5) is 11.5. The molecule has 2 heterocycles. The van der Waals surface area contributed by atoms with Crippen molar-refractivity contribution in [1.82, 2.24) is 25.3 Å². The first kappa shape index (κ1) is 8.46. The number of fused-ring (bicyclic) bond motifs is 1. The maximum absolute atomic E-state index is 11.5. The molecule has 0 N–H and O–H groups in total. The molecule has 1 fully saturated rings. The summed E-state index contributed by atoms with van der Waals surface area (Å²) in [5.74, 6) is 0.547. The lowest BCUT2D eigenvalue weighted by atomic mass is 10.1. The summed E-state index contributed by atoms with van der Waals surface area (Å²) < 4.78 is 1.34. The summed E-state index contributed by atoms with van der Waals surface area (Å²) >= 11 is 0. The minimum atomic E-state index is 0.273. The van der Waals surface area contributed by atoms with Gasteiger partial charge in [-0.05, 0) is 35.4 Å². The smallest absolute Gasteiger partial charge is 0.199 e. The maximum Gasteiger partial charge on any atom is 0.199 e. The van der Waals surface area contributed by atoms with E-state index in [1.807, 2.05) is 0 Å². The van der Waals surface area contributed by atoms with E-state index in [-0.39, 0.29) is 11.7 Å². The van der Waals surface area contributed by atoms with E-state index in [0.29, 0.717) is 12.1 Å². The minimum absolute atomic E-state index is 0.273. The van der Waals surface area contributed by atoms with E-state index < -0.39 is 0 Å². The van der Waals surface area contributed by atoms with Crippen LogP contribution in [0, 0.1) is 5.92 Å². The van der Waals surface area contributed by atoms with Crippen molar-refractivity contribution in [1.29, 1.82) is 0 Å². The molecule has 3 rings (SSSR count). The monoisotopic (exact) mass is 203 g/mol. The molecule has 1 saturated carbocycles. The van der Waals surface area contributed by atoms with E-state index in [0.717, 1.165) is 18.5 Å². The summed E-state index contributed by atoms with van der Waals surface area (Å²) in [6.07, 6.45) is 2.46. The standard InChI is InChI=1S/C9H9N5O/c15-8(6-1-2-6)5-7-3-4-9-10-12-13-14(9)11-7/h3-4,6H,1-2,5H2. The van der Waals surface area contributed by atoms with E-state index in [4.69, 9.17) is 0 Å². The number of carbonyl (C=O) groups is 1. The van der Waals surface area contributed by atoms with Gasteiger partial charge in [0, 0.05) is 5.92 Å². The van der Waals surface area contributed by atoms with Gasteiger partial charge in [-0.1, -0.05) is 0 Å². The molecule has 0 radical (unpaired) electrons. The Bertz CT molecular complexity index is 516. The van der Waals surface area contributed by atoms with E-state index in [2.05, 4.69) is 20.6 Å². The van der Waals surface area contributed by atoms with Gasteiger partial charge in [0.15, 0.2) is 5.65 Å². The Morgan fingerprint density at radius 3 is 3.13 bits per heavy atom. The van der Waals surface area contributed by atoms with Gasteiger partial charge >= 0.3 is 0 Å². The Hall–Kier alpha value is -1.85. The second-order valence-corrected chi connectivity index (χ2v) is 3.77. The van der Waals surface area contributed by atoms with Gasteiger partial charge in [-0.15, -0.1) is 9.73 Å². The molecule has 0 spiro atoms. The molecule has 1 aliphatic rings. The maximum atomic E-state index is 11.5. The second-order valence-electron chi connectivity index (χ2n) is 3.77. The highest BCUT2D eigenvalue weighted by Crippen LogP contribution is 2.30. The molecule has 2 aromatic heterocycles. The molecule has 2 aromatic rings. The largest absolute Gasteiger partial charge is 0.299 e. The number of ketones is 1. The highest BCUT2D eigenvalue weighted by Gasteiger charge is 2.29. The van der Waals surface area contributed by atoms with Gasteiger partial charge in [-0.3, -0.25) is 4.79 Å². The molecule has 1 aliphatic carbocycles. The molecule has 0 bridgehead atoms. The third-order valence-electron chi connectivity index (χ3n) is 2.51. The van der Waals surface area contributed by atoms with Crippen LogP contribution in [0.25, 0.3) is 5.65 Å². The summed E-state index contributed by atoms with van der Waals surface area (Å²) in [6, 6.07) is 3.56. The molecule has 0 saturated heterocycles. The van der Waals surface area contributed by atoms with Crippen LogP contribution in [0.5, 0.6) is 0 Å². The molecule has 0 aliphatic heterocycles. The van der Waals surface area contributed by atoms with Crippen LogP contribution in [0.3, 0.4) is 0 Å². The molecule has 0 amide bonds. The van der Waals surface area contributed by atoms with E-state index in [9.17, 15) is 4.79 Å². The van der Waals surface area contributed by atoms with Crippen LogP contribution in [0.15, 0.2) is 12.1 Å². The number of carbonyl (C=O) groups excluding carboxylic acids is 1. The quantitative estimate of drug-likeness (QED) is 0.704. The van der Waals surface area contributed by atoms with Gasteiger partial charge in [0.2, 0.25) is 0 Å². The van der Waals surface area contributed by atoms with Gasteiger partial charge in [0.25, 0.3) is 0 Å². The minimum Gasteiger partial charge on any atom is -0.299 e. The number of rotatable bonds is 3. The molecule has 6 heteroatoms. The molecule has 76 valence electrons. The average Bonchev–Trinajstić information content (AvgIpc) is 2.98. The fourth-order valence-electron chi connectivity index (χ4n) is 1.51. The highest BCUT2D eigenvalue weighted by atomic mass is 16.1. The zero-order valence-electron chi connectivity index (χ0n) is 8.00. The van der Waals surface area contributed by atoms with Crippen molar-refractivity contribution in [3.05, 3.63) is 17.8 Å². The molecule has 0 aromatic carbocycles. The normalized spacial score (nSPS) is 15.7. The first-order chi connectivity index (χ1) is 7.33. The van der Waals surface area contributed by atoms with E-state index in [1.54, 1.807) is 12.1 Å². The predicted molar refractivity (Wildman–Crippen MR) is 50.0 cm³/mol. The van der Waals surface area contributed by atoms with Crippen LogP contribution in [-0.2, 0) is 11.2 Å². The van der Waals surface area contributed by atoms with Crippen LogP contribution in [0.4, 0.5) is 0 Å². The average molecular weight is 203 g/mol. The Morgan fingerprint density at radius 1 is 1.47 bits per heavy atom. The fourth-order valence-corrected chi connectivity index (χ4v) is 1.51. The van der Waals surface area contributed by atoms with Gasteiger partial charge in [0.05, 0.1) is 12.1 Å². The zero-order valence-corrected chi connectivity index (χ0v) is 8.00. The second kappa shape index (κ2) is 3.08. The number of aromatic nitrogens is 5. The Balaban J connectivity index is 1.86. The highest BCUT2D eigenvalue weighted by molar-refractivity contribution is 5.84. The van der Waals surface area contributed by atoms with Crippen molar-refractivity contribution in [2.45, 2.75) is 19.3 Å². The van der Waals surface area contributed by atoms with Gasteiger partial charge < -0.3 is 0 Å². The van der Waals surface area contributed by atoms with Gasteiger partial charge in [0.1, 0.15) is 5.78 Å². The number of nitrogens with zero attached hydrogens (tertiary/aromatic N) is 5. The molecular weight excluding hydrogens is 194 g/mol. The Kier molecular flexibility index (Phi) is 1.74. The number of tetrazole rings is 1. The van der Waals surface area contributed by atoms with Crippen LogP contribution in [-0.4, -0.2) is 31.0 Å². The van der Waals surface area contributed by atoms with Gasteiger partial charge in [-0.2, -0.15) is 5.10 Å². The van der Waals surface area contributed by atoms with E-state index >= 15 is 0 Å². The molecule has 0 unspecified atom stereocenters. The molecular formula is C9H9N5O. The third kappa shape index (κ3) is 1.58. The number of Topliss-reactive ketones (excluding diaryl/α,β-unsaturated/α-hetero) is 1. The van der Waals surface area contributed by atoms with Crippen molar-refractivity contribution in [2.75, 3.05) is 0 Å². The summed E-state index contributed by atoms with van der Waals surface area (Å²) in [7, 11) is 0. The van der Waals surface area contributed by atoms with Crippen LogP contribution < -0.4 is 0 Å². The predicted octanol–water partition coefficient (Wildman–Crippen LogP) is 0.0409. The zero-order chi connectivity index (χ0) is 10.3. The molecule has 0 atom stereocenters. The lowest BCUT2D eigenvalue weighted by Crippen LogP contribution is -2.08. The van der Waals surface area contributed by atoms with Crippen molar-refractivity contribution in [2.24, 2.45) is 5.92 Å². The first-order valence-electron chi connectivity index (χ1n) is 4.90. The van der Waals surface area contributed by atoms with Gasteiger partial charge in [-0.25, -0.2) is 0 Å². The summed E-state index contributed by atoms with van der Waals surface area (Å²) in [5.41, 5.74) is 1.32. The SMILES string of the molecule is O=C(Cc1ccc2nnnn2n1)C1CC1. The molecule has 6 nitrogen and oxygen atoms in total. The number of hydrogen-bond donors (Lipinski definition) is 0. The third-order valence-corrected chi connectivity index (χ3v) is 2.51. The van der Waals surface area contributed by atoms with Crippen molar-refractivity contribution >= 4 is 11.4 Å². The van der Waals surface area contributed by atoms with Crippen molar-refractivity contribution in [3.8, 4) is 0 Å². The number of hydrogen-bond acceptors (Lipinski definition) is 5. The Morgan fingerprint density at radius 2 is 2.33 bits per heavy atom. The topological polar surface area (TPSA) is 73.0 Å². The van der Waals surface area contributed by atoms with Crippen molar-refractivity contribution in [3.63, 3.8) is 0 Å². The van der Waals surface area contributed by atoms with E-state index in [1.165, 1.54) is 4.63 Å². The van der Waals surface area contributed by atoms with Crippen LogP contribution in [0.2, 0.25) is 0 Å². The van der Waals surface area contributed by atoms with Crippen molar-refractivity contribution < 1.29 is 4.79 Å². The summed E-state index contributed by atoms with van der Waals surface area (Å²) in [5, 5.41) is 15.1. The van der Waals surface area contributed by atoms with Crippen LogP contribution in [0.1, 0.15) is 18.5 Å². The van der Waals surface area contributed by atoms with Crippen LogP contribution >= 0.6 is 0 Å². The lowest BCUT2D eigenvalue weighted by molar-refractivity contribution is -0.119. The summed E-state index contributed by atoms with van der Waals surface area (Å²) in [6.45, 7) is 0. The molecule has 15 heavy (non-hydrogen) atoms. The fraction of sp³-hybridized carbons (Fsp3) is 0.444. The first-order valence-corrected chi connectivity index (χ1v) is 4.90. The Labute approximate surface area is 85.3 Å².